The van der Waals surface area contributed by atoms with Crippen LogP contribution in [0.5, 0.6) is 0 Å². The molecule has 1 aromatic carbocycles. The minimum absolute atomic E-state index is 0.0360. The van der Waals surface area contributed by atoms with Crippen LogP contribution in [-0.2, 0) is 4.79 Å². The number of nitrogens with one attached hydrogen (secondary N) is 1. The number of nitrogens with zero attached hydrogens (tertiary/aromatic N) is 8. The molecule has 10 nitrogen and oxygen atoms in total. The van der Waals surface area contributed by atoms with Gasteiger partial charge in [-0.15, -0.1) is 5.10 Å². The number of halogens is 2. The van der Waals surface area contributed by atoms with Gasteiger partial charge in [0, 0.05) is 36.1 Å². The van der Waals surface area contributed by atoms with Crippen molar-refractivity contribution in [1.82, 2.24) is 44.7 Å². The van der Waals surface area contributed by atoms with Gasteiger partial charge in [-0.1, -0.05) is 25.1 Å². The van der Waals surface area contributed by atoms with Crippen molar-refractivity contribution >= 4 is 28.6 Å². The number of fused-ring (bicyclic) bond motifs is 1. The van der Waals surface area contributed by atoms with Gasteiger partial charge in [-0.2, -0.15) is 9.78 Å². The van der Waals surface area contributed by atoms with Crippen molar-refractivity contribution in [1.29, 1.82) is 0 Å². The van der Waals surface area contributed by atoms with Gasteiger partial charge >= 0.3 is 0 Å². The summed E-state index contributed by atoms with van der Waals surface area (Å²) in [5.74, 6) is -0.174. The summed E-state index contributed by atoms with van der Waals surface area (Å²) in [6.45, 7) is 7.65. The standard InChI is InChI=1S/C27H23ClFN9O/c1-15-10-24(27-30-13-21(33-27)18-7-9-36-19(12-18)6-8-32-36)38(17(3)39)23(15)11-16(2)25-22(37-14-31-34-35-37)5-4-20(28)26(25)29/h4-9,11-15,24H,2,10H2,1,3H3,(H,30,33)/b23-11-/t15-,24-/m1/s1. The van der Waals surface area contributed by atoms with Crippen LogP contribution in [0.3, 0.4) is 0 Å². The summed E-state index contributed by atoms with van der Waals surface area (Å²) in [7, 11) is 0. The van der Waals surface area contributed by atoms with Gasteiger partial charge in [-0.05, 0) is 64.7 Å². The number of carbonyl (C=O) groups excluding carboxylic acids is 1. The molecule has 4 aromatic heterocycles. The Labute approximate surface area is 227 Å². The highest BCUT2D eigenvalue weighted by molar-refractivity contribution is 6.31. The van der Waals surface area contributed by atoms with E-state index in [4.69, 9.17) is 11.6 Å². The number of tetrazole rings is 1. The average Bonchev–Trinajstić information content (AvgIpc) is 3.72. The third-order valence-electron chi connectivity index (χ3n) is 6.94. The summed E-state index contributed by atoms with van der Waals surface area (Å²) >= 11 is 6.12. The highest BCUT2D eigenvalue weighted by Gasteiger charge is 2.39. The fraction of sp³-hybridized carbons (Fsp3) is 0.185. The van der Waals surface area contributed by atoms with Crippen LogP contribution in [-0.4, -0.2) is 50.6 Å². The highest BCUT2D eigenvalue weighted by atomic mass is 35.5. The third kappa shape index (κ3) is 4.30. The number of rotatable bonds is 5. The van der Waals surface area contributed by atoms with Gasteiger partial charge in [0.2, 0.25) is 5.91 Å². The highest BCUT2D eigenvalue weighted by Crippen LogP contribution is 2.43. The van der Waals surface area contributed by atoms with Crippen molar-refractivity contribution in [3.8, 4) is 16.9 Å². The van der Waals surface area contributed by atoms with Gasteiger partial charge in [0.05, 0.1) is 34.2 Å². The smallest absolute Gasteiger partial charge is 0.224 e. The Kier molecular flexibility index (Phi) is 6.07. The van der Waals surface area contributed by atoms with E-state index in [9.17, 15) is 4.79 Å². The molecule has 0 unspecified atom stereocenters. The van der Waals surface area contributed by atoms with Gasteiger partial charge in [0.15, 0.2) is 5.82 Å². The van der Waals surface area contributed by atoms with Crippen LogP contribution in [0, 0.1) is 11.7 Å². The first-order valence-electron chi connectivity index (χ1n) is 12.2. The lowest BCUT2D eigenvalue weighted by molar-refractivity contribution is -0.128. The van der Waals surface area contributed by atoms with Gasteiger partial charge in [-0.3, -0.25) is 4.79 Å². The quantitative estimate of drug-likeness (QED) is 0.333. The molecule has 196 valence electrons. The lowest BCUT2D eigenvalue weighted by Gasteiger charge is -2.24. The molecule has 1 amide bonds. The fourth-order valence-corrected chi connectivity index (χ4v) is 5.28. The Hall–Kier alpha value is -4.64. The zero-order chi connectivity index (χ0) is 27.3. The molecule has 1 aliphatic heterocycles. The number of aromatic nitrogens is 8. The molecule has 1 fully saturated rings. The molecular weight excluding hydrogens is 521 g/mol. The van der Waals surface area contributed by atoms with Gasteiger partial charge in [-0.25, -0.2) is 13.9 Å². The molecule has 6 rings (SSSR count). The Morgan fingerprint density at radius 3 is 2.90 bits per heavy atom. The number of carbonyl (C=O) groups is 1. The molecule has 12 heteroatoms. The number of hydrogen-bond donors (Lipinski definition) is 1. The van der Waals surface area contributed by atoms with Crippen LogP contribution in [0.1, 0.15) is 37.7 Å². The molecule has 39 heavy (non-hydrogen) atoms. The Morgan fingerprint density at radius 2 is 2.13 bits per heavy atom. The first-order chi connectivity index (χ1) is 18.8. The first kappa shape index (κ1) is 24.7. The number of H-pyrrole nitrogens is 1. The first-order valence-corrected chi connectivity index (χ1v) is 12.6. The van der Waals surface area contributed by atoms with E-state index in [0.717, 1.165) is 16.8 Å². The predicted molar refractivity (Wildman–Crippen MR) is 143 cm³/mol. The summed E-state index contributed by atoms with van der Waals surface area (Å²) in [6, 6.07) is 8.63. The minimum Gasteiger partial charge on any atom is -0.340 e. The van der Waals surface area contributed by atoms with E-state index < -0.39 is 5.82 Å². The predicted octanol–water partition coefficient (Wildman–Crippen LogP) is 5.02. The fourth-order valence-electron chi connectivity index (χ4n) is 5.13. The molecule has 5 aromatic rings. The van der Waals surface area contributed by atoms with Crippen molar-refractivity contribution in [2.75, 3.05) is 0 Å². The number of pyridine rings is 1. The largest absolute Gasteiger partial charge is 0.340 e. The van der Waals surface area contributed by atoms with E-state index in [1.54, 1.807) is 34.0 Å². The summed E-state index contributed by atoms with van der Waals surface area (Å²) in [5.41, 5.74) is 4.32. The summed E-state index contributed by atoms with van der Waals surface area (Å²) in [6.07, 6.45) is 9.11. The average molecular weight is 544 g/mol. The van der Waals surface area contributed by atoms with Crippen molar-refractivity contribution in [3.05, 3.63) is 95.8 Å². The van der Waals surface area contributed by atoms with Gasteiger partial charge in [0.25, 0.3) is 0 Å². The zero-order valence-corrected chi connectivity index (χ0v) is 21.8. The van der Waals surface area contributed by atoms with Crippen molar-refractivity contribution in [2.24, 2.45) is 5.92 Å². The number of aromatic amines is 1. The lowest BCUT2D eigenvalue weighted by atomic mass is 9.99. The number of allylic oxidation sites excluding steroid dienone is 3. The molecule has 2 atom stereocenters. The normalized spacial score (nSPS) is 18.4. The van der Waals surface area contributed by atoms with E-state index in [0.29, 0.717) is 29.2 Å². The topological polar surface area (TPSA) is 110 Å². The number of hydrogen-bond acceptors (Lipinski definition) is 6. The minimum atomic E-state index is -0.645. The van der Waals surface area contributed by atoms with Crippen LogP contribution in [0.25, 0.3) is 28.0 Å². The van der Waals surface area contributed by atoms with Gasteiger partial charge in [0.1, 0.15) is 12.2 Å². The zero-order valence-electron chi connectivity index (χ0n) is 21.1. The molecule has 0 saturated carbocycles. The van der Waals surface area contributed by atoms with Crippen molar-refractivity contribution in [2.45, 2.75) is 26.3 Å². The number of benzene rings is 1. The molecule has 0 aliphatic carbocycles. The number of imidazole rings is 1. The lowest BCUT2D eigenvalue weighted by Crippen LogP contribution is -2.28. The van der Waals surface area contributed by atoms with E-state index in [1.165, 1.54) is 24.0 Å². The summed E-state index contributed by atoms with van der Waals surface area (Å²) in [5, 5.41) is 15.4. The Morgan fingerprint density at radius 1 is 1.28 bits per heavy atom. The Balaban J connectivity index is 1.36. The SMILES string of the molecule is C=C(/C=C1/[C@H](C)C[C@H](c2ncc(-c3ccn4nccc4c3)[nH]2)N1C(C)=O)c1c(-n2cnnn2)ccc(Cl)c1F. The van der Waals surface area contributed by atoms with Crippen LogP contribution >= 0.6 is 11.6 Å². The molecule has 1 N–H and O–H groups in total. The van der Waals surface area contributed by atoms with Crippen LogP contribution in [0.15, 0.2) is 73.6 Å². The Bertz CT molecular complexity index is 1750. The van der Waals surface area contributed by atoms with E-state index in [1.807, 2.05) is 31.3 Å². The van der Waals surface area contributed by atoms with Crippen LogP contribution in [0.2, 0.25) is 5.02 Å². The summed E-state index contributed by atoms with van der Waals surface area (Å²) in [4.78, 5) is 22.7. The maximum atomic E-state index is 15.3. The van der Waals surface area contributed by atoms with Gasteiger partial charge < -0.3 is 9.88 Å². The molecule has 1 saturated heterocycles. The molecule has 0 radical (unpaired) electrons. The van der Waals surface area contributed by atoms with Crippen molar-refractivity contribution < 1.29 is 9.18 Å². The third-order valence-corrected chi connectivity index (χ3v) is 7.24. The molecule has 1 aliphatic rings. The summed E-state index contributed by atoms with van der Waals surface area (Å²) < 4.78 is 18.4. The second kappa shape index (κ2) is 9.59. The maximum Gasteiger partial charge on any atom is 0.224 e. The molecular formula is C27H23ClFN9O. The number of likely N-dealkylation sites (tertiary alicyclic amines) is 1. The second-order valence-electron chi connectivity index (χ2n) is 9.44. The monoisotopic (exact) mass is 543 g/mol. The molecule has 5 heterocycles. The van der Waals surface area contributed by atoms with E-state index in [2.05, 4.69) is 37.2 Å². The van der Waals surface area contributed by atoms with E-state index >= 15 is 4.39 Å². The maximum absolute atomic E-state index is 15.3. The van der Waals surface area contributed by atoms with Crippen LogP contribution < -0.4 is 0 Å². The molecule has 0 bridgehead atoms. The van der Waals surface area contributed by atoms with Crippen molar-refractivity contribution in [3.63, 3.8) is 0 Å². The van der Waals surface area contributed by atoms with Crippen LogP contribution in [0.4, 0.5) is 4.39 Å². The molecule has 0 spiro atoms. The van der Waals surface area contributed by atoms with E-state index in [-0.39, 0.29) is 28.5 Å². The number of amides is 1. The second-order valence-corrected chi connectivity index (χ2v) is 9.85.